The second-order valence-corrected chi connectivity index (χ2v) is 9.73. The van der Waals surface area contributed by atoms with Gasteiger partial charge in [0.15, 0.2) is 23.8 Å². The Bertz CT molecular complexity index is 1020. The van der Waals surface area contributed by atoms with Gasteiger partial charge in [0.2, 0.25) is 0 Å². The van der Waals surface area contributed by atoms with E-state index in [9.17, 15) is 9.59 Å². The van der Waals surface area contributed by atoms with E-state index in [2.05, 4.69) is 27.0 Å². The molecule has 3 atom stereocenters. The molecule has 170 valence electrons. The van der Waals surface area contributed by atoms with Crippen molar-refractivity contribution in [2.75, 3.05) is 32.4 Å². The summed E-state index contributed by atoms with van der Waals surface area (Å²) in [7, 11) is 1.70. The van der Waals surface area contributed by atoms with E-state index in [1.165, 1.54) is 11.3 Å². The fourth-order valence-electron chi connectivity index (χ4n) is 4.58. The van der Waals surface area contributed by atoms with Crippen molar-refractivity contribution in [3.63, 3.8) is 0 Å². The highest BCUT2D eigenvalue weighted by atomic mass is 32.2. The molecule has 0 radical (unpaired) electrons. The molecule has 1 N–H and O–H groups in total. The highest BCUT2D eigenvalue weighted by molar-refractivity contribution is 7.99. The molecule has 0 saturated carbocycles. The molecule has 2 saturated heterocycles. The SMILES string of the molecule is CC(CSc1nc2ccccc2o1)CN1C(N2CCCCC2)=NC2C1C(=O)NC(=O)N2C. The van der Waals surface area contributed by atoms with Gasteiger partial charge >= 0.3 is 6.03 Å². The van der Waals surface area contributed by atoms with Crippen molar-refractivity contribution in [3.05, 3.63) is 24.3 Å². The Morgan fingerprint density at radius 3 is 2.78 bits per heavy atom. The van der Waals surface area contributed by atoms with Gasteiger partial charge in [0.05, 0.1) is 0 Å². The van der Waals surface area contributed by atoms with Crippen LogP contribution in [0, 0.1) is 5.92 Å². The summed E-state index contributed by atoms with van der Waals surface area (Å²) in [6, 6.07) is 6.86. The molecule has 3 aliphatic heterocycles. The standard InChI is InChI=1S/C22H28N6O3S/c1-14(13-32-22-23-15-8-4-5-9-16(15)31-22)12-28-17-18(26(2)21(30)25-19(17)29)24-20(28)27-10-6-3-7-11-27/h4-5,8-9,14,17-18H,3,6-7,10-13H2,1-2H3,(H,25,29,30). The fraction of sp³-hybridized carbons (Fsp3) is 0.545. The van der Waals surface area contributed by atoms with Crippen LogP contribution in [0.3, 0.4) is 0 Å². The number of guanidine groups is 1. The van der Waals surface area contributed by atoms with Gasteiger partial charge in [-0.25, -0.2) is 14.8 Å². The number of hydrogen-bond donors (Lipinski definition) is 1. The smallest absolute Gasteiger partial charge is 0.325 e. The number of aliphatic imine (C=N–C) groups is 1. The van der Waals surface area contributed by atoms with Crippen molar-refractivity contribution in [1.29, 1.82) is 0 Å². The van der Waals surface area contributed by atoms with E-state index in [4.69, 9.17) is 9.41 Å². The molecule has 0 spiro atoms. The molecule has 4 heterocycles. The molecule has 2 aromatic rings. The number of nitrogens with zero attached hydrogens (tertiary/aromatic N) is 5. The summed E-state index contributed by atoms with van der Waals surface area (Å²) in [4.78, 5) is 40.3. The van der Waals surface area contributed by atoms with Gasteiger partial charge in [-0.1, -0.05) is 30.8 Å². The van der Waals surface area contributed by atoms with Gasteiger partial charge in [0.25, 0.3) is 11.1 Å². The lowest BCUT2D eigenvalue weighted by atomic mass is 10.1. The maximum Gasteiger partial charge on any atom is 0.325 e. The quantitative estimate of drug-likeness (QED) is 0.691. The van der Waals surface area contributed by atoms with Crippen LogP contribution in [0.1, 0.15) is 26.2 Å². The average Bonchev–Trinajstić information content (AvgIpc) is 3.38. The van der Waals surface area contributed by atoms with E-state index in [-0.39, 0.29) is 17.9 Å². The van der Waals surface area contributed by atoms with Gasteiger partial charge < -0.3 is 19.1 Å². The first-order chi connectivity index (χ1) is 15.5. The third-order valence-corrected chi connectivity index (χ3v) is 7.41. The number of aromatic nitrogens is 1. The van der Waals surface area contributed by atoms with Crippen LogP contribution in [0.2, 0.25) is 0 Å². The Balaban J connectivity index is 1.31. The minimum absolute atomic E-state index is 0.250. The molecule has 10 heteroatoms. The monoisotopic (exact) mass is 456 g/mol. The van der Waals surface area contributed by atoms with Crippen molar-refractivity contribution in [3.8, 4) is 0 Å². The predicted octanol–water partition coefficient (Wildman–Crippen LogP) is 2.59. The topological polar surface area (TPSA) is 94.3 Å². The van der Waals surface area contributed by atoms with E-state index in [0.717, 1.165) is 48.7 Å². The number of carbonyl (C=O) groups is 2. The Hall–Kier alpha value is -2.75. The van der Waals surface area contributed by atoms with Crippen molar-refractivity contribution >= 4 is 40.8 Å². The summed E-state index contributed by atoms with van der Waals surface area (Å²) in [5, 5.41) is 3.14. The molecule has 9 nitrogen and oxygen atoms in total. The minimum atomic E-state index is -0.494. The zero-order valence-electron chi connectivity index (χ0n) is 18.4. The Labute approximate surface area is 191 Å². The molecule has 0 aliphatic carbocycles. The number of rotatable bonds is 5. The van der Waals surface area contributed by atoms with Gasteiger partial charge in [-0.15, -0.1) is 0 Å². The number of fused-ring (bicyclic) bond motifs is 2. The molecule has 1 aromatic carbocycles. The highest BCUT2D eigenvalue weighted by Crippen LogP contribution is 2.30. The normalized spacial score (nSPS) is 24.6. The number of para-hydroxylation sites is 2. The number of amides is 3. The third-order valence-electron chi connectivity index (χ3n) is 6.25. The molecule has 32 heavy (non-hydrogen) atoms. The van der Waals surface area contributed by atoms with Crippen LogP contribution >= 0.6 is 11.8 Å². The summed E-state index contributed by atoms with van der Waals surface area (Å²) in [5.74, 6) is 1.62. The number of benzene rings is 1. The lowest BCUT2D eigenvalue weighted by molar-refractivity contribution is -0.127. The van der Waals surface area contributed by atoms with Gasteiger partial charge in [0, 0.05) is 32.4 Å². The molecule has 2 fully saturated rings. The third kappa shape index (κ3) is 3.92. The molecular formula is C22H28N6O3S. The number of urea groups is 1. The lowest BCUT2D eigenvalue weighted by Crippen LogP contribution is -2.64. The van der Waals surface area contributed by atoms with Crippen LogP contribution in [-0.4, -0.2) is 82.2 Å². The van der Waals surface area contributed by atoms with Crippen molar-refractivity contribution < 1.29 is 14.0 Å². The zero-order valence-corrected chi connectivity index (χ0v) is 19.2. The largest absolute Gasteiger partial charge is 0.431 e. The van der Waals surface area contributed by atoms with Gasteiger partial charge in [-0.05, 0) is 37.3 Å². The van der Waals surface area contributed by atoms with E-state index < -0.39 is 12.2 Å². The van der Waals surface area contributed by atoms with Gasteiger partial charge in [-0.3, -0.25) is 10.1 Å². The number of carbonyl (C=O) groups excluding carboxylic acids is 2. The highest BCUT2D eigenvalue weighted by Gasteiger charge is 2.49. The zero-order chi connectivity index (χ0) is 22.2. The molecule has 0 bridgehead atoms. The molecule has 3 unspecified atom stereocenters. The van der Waals surface area contributed by atoms with Crippen LogP contribution in [0.5, 0.6) is 0 Å². The van der Waals surface area contributed by atoms with Crippen molar-refractivity contribution in [2.45, 2.75) is 43.6 Å². The Morgan fingerprint density at radius 1 is 1.22 bits per heavy atom. The molecule has 5 rings (SSSR count). The number of oxazole rings is 1. The van der Waals surface area contributed by atoms with Crippen molar-refractivity contribution in [2.24, 2.45) is 10.9 Å². The Morgan fingerprint density at radius 2 is 2.00 bits per heavy atom. The van der Waals surface area contributed by atoms with Crippen LogP contribution < -0.4 is 5.32 Å². The maximum atomic E-state index is 12.8. The van der Waals surface area contributed by atoms with Crippen LogP contribution in [0.25, 0.3) is 11.1 Å². The van der Waals surface area contributed by atoms with E-state index >= 15 is 0 Å². The van der Waals surface area contributed by atoms with E-state index in [0.29, 0.717) is 11.8 Å². The van der Waals surface area contributed by atoms with Gasteiger partial charge in [0.1, 0.15) is 5.52 Å². The summed E-state index contributed by atoms with van der Waals surface area (Å²) in [6.45, 7) is 4.69. The molecule has 3 amide bonds. The van der Waals surface area contributed by atoms with Crippen LogP contribution in [-0.2, 0) is 4.79 Å². The second kappa shape index (κ2) is 8.65. The first-order valence-electron chi connectivity index (χ1n) is 11.2. The average molecular weight is 457 g/mol. The van der Waals surface area contributed by atoms with E-state index in [1.807, 2.05) is 24.3 Å². The summed E-state index contributed by atoms with van der Waals surface area (Å²) in [6.07, 6.45) is 2.97. The van der Waals surface area contributed by atoms with Crippen LogP contribution in [0.4, 0.5) is 4.79 Å². The number of imide groups is 1. The summed E-state index contributed by atoms with van der Waals surface area (Å²) >= 11 is 1.58. The second-order valence-electron chi connectivity index (χ2n) is 8.76. The maximum absolute atomic E-state index is 12.8. The number of hydrogen-bond acceptors (Lipinski definition) is 8. The van der Waals surface area contributed by atoms with E-state index in [1.54, 1.807) is 18.8 Å². The molecule has 1 aromatic heterocycles. The number of likely N-dealkylation sites (tertiary alicyclic amines) is 1. The minimum Gasteiger partial charge on any atom is -0.431 e. The van der Waals surface area contributed by atoms with Crippen LogP contribution in [0.15, 0.2) is 38.9 Å². The summed E-state index contributed by atoms with van der Waals surface area (Å²) in [5.41, 5.74) is 1.65. The fourth-order valence-corrected chi connectivity index (χ4v) is 5.42. The van der Waals surface area contributed by atoms with Gasteiger partial charge in [-0.2, -0.15) is 0 Å². The first kappa shape index (κ1) is 21.1. The first-order valence-corrected chi connectivity index (χ1v) is 12.2. The summed E-state index contributed by atoms with van der Waals surface area (Å²) < 4.78 is 5.83. The molecule has 3 aliphatic rings. The Kier molecular flexibility index (Phi) is 5.71. The predicted molar refractivity (Wildman–Crippen MR) is 122 cm³/mol. The number of thioether (sulfide) groups is 1. The number of nitrogens with one attached hydrogen (secondary N) is 1. The molecular weight excluding hydrogens is 428 g/mol. The lowest BCUT2D eigenvalue weighted by Gasteiger charge is -2.39. The number of piperidine rings is 1. The number of likely N-dealkylation sites (N-methyl/N-ethyl adjacent to an activating group) is 1. The van der Waals surface area contributed by atoms with Crippen molar-refractivity contribution in [1.82, 2.24) is 25.0 Å².